The lowest BCUT2D eigenvalue weighted by Gasteiger charge is -2.22. The molecule has 0 amide bonds. The van der Waals surface area contributed by atoms with Crippen molar-refractivity contribution in [3.63, 3.8) is 0 Å². The summed E-state index contributed by atoms with van der Waals surface area (Å²) >= 11 is 1.91. The van der Waals surface area contributed by atoms with Crippen LogP contribution in [-0.2, 0) is 0 Å². The van der Waals surface area contributed by atoms with Gasteiger partial charge in [-0.25, -0.2) is 0 Å². The minimum Gasteiger partial charge on any atom is -0.135 e. The topological polar surface area (TPSA) is 0 Å². The number of benzene rings is 12. The van der Waals surface area contributed by atoms with Gasteiger partial charge < -0.3 is 0 Å². The predicted octanol–water partition coefficient (Wildman–Crippen LogP) is 17.1. The molecular weight excluding hydrogens is 729 g/mol. The lowest BCUT2D eigenvalue weighted by Crippen LogP contribution is -1.94. The van der Waals surface area contributed by atoms with Crippen LogP contribution < -0.4 is 0 Å². The Morgan fingerprint density at radius 3 is 1.05 bits per heavy atom. The largest absolute Gasteiger partial charge is 0.135 e. The van der Waals surface area contributed by atoms with Gasteiger partial charge in [0.05, 0.1) is 0 Å². The second-order valence-corrected chi connectivity index (χ2v) is 16.9. The van der Waals surface area contributed by atoms with Crippen molar-refractivity contribution in [1.82, 2.24) is 0 Å². The van der Waals surface area contributed by atoms with Crippen molar-refractivity contribution >= 4 is 107 Å². The molecule has 0 saturated carbocycles. The van der Waals surface area contributed by atoms with Crippen LogP contribution in [0.15, 0.2) is 206 Å². The molecule has 0 nitrogen and oxygen atoms in total. The van der Waals surface area contributed by atoms with Crippen LogP contribution in [0.4, 0.5) is 0 Å². The Labute approximate surface area is 344 Å². The molecule has 1 heterocycles. The van der Waals surface area contributed by atoms with Crippen molar-refractivity contribution in [2.45, 2.75) is 0 Å². The molecule has 0 aliphatic rings. The molecule has 13 aromatic rings. The van der Waals surface area contributed by atoms with Crippen LogP contribution in [0.2, 0.25) is 0 Å². The van der Waals surface area contributed by atoms with E-state index in [9.17, 15) is 0 Å². The highest BCUT2D eigenvalue weighted by molar-refractivity contribution is 7.26. The van der Waals surface area contributed by atoms with Crippen molar-refractivity contribution in [3.05, 3.63) is 206 Å². The van der Waals surface area contributed by atoms with Crippen LogP contribution in [0.5, 0.6) is 0 Å². The van der Waals surface area contributed by atoms with E-state index in [4.69, 9.17) is 0 Å². The van der Waals surface area contributed by atoms with E-state index in [-0.39, 0.29) is 0 Å². The zero-order valence-electron chi connectivity index (χ0n) is 32.0. The maximum Gasteiger partial charge on any atom is 0.0362 e. The number of hydrogen-bond acceptors (Lipinski definition) is 1. The van der Waals surface area contributed by atoms with E-state index in [1.807, 2.05) is 11.3 Å². The molecule has 272 valence electrons. The summed E-state index contributed by atoms with van der Waals surface area (Å²) in [6, 6.07) is 76.9. The van der Waals surface area contributed by atoms with Crippen LogP contribution in [0.3, 0.4) is 0 Å². The monoisotopic (exact) mass is 762 g/mol. The lowest BCUT2D eigenvalue weighted by molar-refractivity contribution is 1.67. The fourth-order valence-corrected chi connectivity index (χ4v) is 11.6. The maximum absolute atomic E-state index is 2.46. The standard InChI is InChI=1S/C58H34S/c1-2-16-35(17-3-1)53-41-22-8-12-26-45(41)55(46-27-13-9-23-42(46)53)56-47-28-14-10-24-43(47)54(44-25-11-15-29-48(44)56)36-30-31-50-52(34-36)59-51-33-32-49-39-20-5-4-18-37(39)38-19-6-7-21-40(38)57(49)58(50)51/h1-34H. The summed E-state index contributed by atoms with van der Waals surface area (Å²) < 4.78 is 2.64. The van der Waals surface area contributed by atoms with Crippen LogP contribution in [0.1, 0.15) is 0 Å². The summed E-state index contributed by atoms with van der Waals surface area (Å²) in [6.45, 7) is 0. The average Bonchev–Trinajstić information content (AvgIpc) is 3.68. The van der Waals surface area contributed by atoms with Crippen molar-refractivity contribution < 1.29 is 0 Å². The number of hydrogen-bond donors (Lipinski definition) is 0. The van der Waals surface area contributed by atoms with Gasteiger partial charge in [0, 0.05) is 20.2 Å². The molecule has 13 rings (SSSR count). The van der Waals surface area contributed by atoms with Gasteiger partial charge in [-0.1, -0.05) is 194 Å². The number of rotatable bonds is 3. The van der Waals surface area contributed by atoms with E-state index in [1.165, 1.54) is 129 Å². The molecule has 0 radical (unpaired) electrons. The Bertz CT molecular complexity index is 3740. The Hall–Kier alpha value is -7.32. The molecule has 0 bridgehead atoms. The first-order valence-corrected chi connectivity index (χ1v) is 21.2. The van der Waals surface area contributed by atoms with Gasteiger partial charge in [0.15, 0.2) is 0 Å². The molecule has 0 aliphatic heterocycles. The van der Waals surface area contributed by atoms with Gasteiger partial charge in [-0.3, -0.25) is 0 Å². The first-order valence-electron chi connectivity index (χ1n) is 20.4. The maximum atomic E-state index is 2.46. The molecular formula is C58H34S. The molecule has 1 heteroatoms. The van der Waals surface area contributed by atoms with Gasteiger partial charge >= 0.3 is 0 Å². The smallest absolute Gasteiger partial charge is 0.0362 e. The third kappa shape index (κ3) is 4.65. The molecule has 0 spiro atoms. The molecule has 0 aliphatic carbocycles. The second kappa shape index (κ2) is 12.6. The number of thiophene rings is 1. The Balaban J connectivity index is 1.11. The van der Waals surface area contributed by atoms with E-state index < -0.39 is 0 Å². The summed E-state index contributed by atoms with van der Waals surface area (Å²) in [5.74, 6) is 0. The SMILES string of the molecule is c1ccc(-c2c3ccccc3c(-c3c4ccccc4c(-c4ccc5c(c4)sc4ccc6c7ccccc7c7ccccc7c6c45)c4ccccc34)c3ccccc23)cc1. The van der Waals surface area contributed by atoms with Crippen LogP contribution in [-0.4, -0.2) is 0 Å². The van der Waals surface area contributed by atoms with E-state index >= 15 is 0 Å². The van der Waals surface area contributed by atoms with Gasteiger partial charge in [0.1, 0.15) is 0 Å². The lowest BCUT2D eigenvalue weighted by atomic mass is 9.81. The molecule has 0 atom stereocenters. The minimum atomic E-state index is 1.24. The molecule has 0 N–H and O–H groups in total. The van der Waals surface area contributed by atoms with Crippen LogP contribution in [0.25, 0.3) is 129 Å². The van der Waals surface area contributed by atoms with Gasteiger partial charge in [-0.2, -0.15) is 0 Å². The van der Waals surface area contributed by atoms with E-state index in [0.717, 1.165) is 0 Å². The van der Waals surface area contributed by atoms with Crippen molar-refractivity contribution in [2.24, 2.45) is 0 Å². The second-order valence-electron chi connectivity index (χ2n) is 15.8. The highest BCUT2D eigenvalue weighted by Crippen LogP contribution is 2.51. The summed E-state index contributed by atoms with van der Waals surface area (Å²) in [5.41, 5.74) is 7.65. The van der Waals surface area contributed by atoms with Gasteiger partial charge in [-0.15, -0.1) is 11.3 Å². The molecule has 12 aromatic carbocycles. The zero-order valence-corrected chi connectivity index (χ0v) is 32.9. The molecule has 0 fully saturated rings. The highest BCUT2D eigenvalue weighted by Gasteiger charge is 2.23. The summed E-state index contributed by atoms with van der Waals surface area (Å²) in [6.07, 6.45) is 0. The first kappa shape index (κ1) is 32.7. The van der Waals surface area contributed by atoms with E-state index in [2.05, 4.69) is 206 Å². The summed E-state index contributed by atoms with van der Waals surface area (Å²) in [7, 11) is 0. The van der Waals surface area contributed by atoms with Crippen molar-refractivity contribution in [2.75, 3.05) is 0 Å². The fraction of sp³-hybridized carbons (Fsp3) is 0. The van der Waals surface area contributed by atoms with Crippen LogP contribution >= 0.6 is 11.3 Å². The van der Waals surface area contributed by atoms with Gasteiger partial charge in [0.2, 0.25) is 0 Å². The first-order chi connectivity index (χ1) is 29.3. The minimum absolute atomic E-state index is 1.24. The molecule has 59 heavy (non-hydrogen) atoms. The van der Waals surface area contributed by atoms with E-state index in [1.54, 1.807) is 0 Å². The predicted molar refractivity (Wildman–Crippen MR) is 258 cm³/mol. The number of fused-ring (bicyclic) bond motifs is 14. The van der Waals surface area contributed by atoms with E-state index in [0.29, 0.717) is 0 Å². The third-order valence-corrected chi connectivity index (χ3v) is 13.9. The fourth-order valence-electron chi connectivity index (χ4n) is 10.4. The normalized spacial score (nSPS) is 12.1. The Morgan fingerprint density at radius 1 is 0.203 bits per heavy atom. The summed E-state index contributed by atoms with van der Waals surface area (Å²) in [5, 5.41) is 20.8. The van der Waals surface area contributed by atoms with Gasteiger partial charge in [-0.05, 0) is 121 Å². The highest BCUT2D eigenvalue weighted by atomic mass is 32.1. The molecule has 1 aromatic heterocycles. The average molecular weight is 763 g/mol. The van der Waals surface area contributed by atoms with Gasteiger partial charge in [0.25, 0.3) is 0 Å². The molecule has 0 unspecified atom stereocenters. The quantitative estimate of drug-likeness (QED) is 0.124. The van der Waals surface area contributed by atoms with Crippen molar-refractivity contribution in [1.29, 1.82) is 0 Å². The zero-order chi connectivity index (χ0) is 38.6. The van der Waals surface area contributed by atoms with Crippen molar-refractivity contribution in [3.8, 4) is 33.4 Å². The third-order valence-electron chi connectivity index (χ3n) is 12.8. The van der Waals surface area contributed by atoms with Crippen LogP contribution in [0, 0.1) is 0 Å². The molecule has 0 saturated heterocycles. The Morgan fingerprint density at radius 2 is 0.559 bits per heavy atom. The summed E-state index contributed by atoms with van der Waals surface area (Å²) in [4.78, 5) is 0. The Kier molecular flexibility index (Phi) is 6.98.